The third-order valence-electron chi connectivity index (χ3n) is 2.81. The van der Waals surface area contributed by atoms with E-state index in [0.717, 1.165) is 0 Å². The molecule has 0 unspecified atom stereocenters. The Morgan fingerprint density at radius 3 is 2.33 bits per heavy atom. The van der Waals surface area contributed by atoms with E-state index in [2.05, 4.69) is 5.32 Å². The third-order valence-corrected chi connectivity index (χ3v) is 2.81. The van der Waals surface area contributed by atoms with Crippen LogP contribution in [0.5, 0.6) is 0 Å². The Hall–Kier alpha value is -3.02. The molecule has 0 heterocycles. The summed E-state index contributed by atoms with van der Waals surface area (Å²) in [5.41, 5.74) is 0.528. The van der Waals surface area contributed by atoms with Gasteiger partial charge in [-0.2, -0.15) is 0 Å². The SMILES string of the molecule is CC(=O)Nc1ccc([N+](=O)[O-])cc1C(=O)c1ccccc1. The molecule has 0 saturated carbocycles. The molecular formula is C15H12N2O4. The minimum absolute atomic E-state index is 0.0885. The van der Waals surface area contributed by atoms with Crippen LogP contribution in [0.2, 0.25) is 0 Å². The van der Waals surface area contributed by atoms with Crippen molar-refractivity contribution >= 4 is 23.1 Å². The maximum Gasteiger partial charge on any atom is 0.270 e. The Morgan fingerprint density at radius 1 is 1.10 bits per heavy atom. The highest BCUT2D eigenvalue weighted by Crippen LogP contribution is 2.24. The normalized spacial score (nSPS) is 9.95. The molecule has 2 aromatic rings. The Labute approximate surface area is 120 Å². The predicted octanol–water partition coefficient (Wildman–Crippen LogP) is 2.78. The number of anilines is 1. The number of nitrogens with zero attached hydrogens (tertiary/aromatic N) is 1. The van der Waals surface area contributed by atoms with E-state index < -0.39 is 4.92 Å². The molecule has 0 radical (unpaired) electrons. The first-order valence-corrected chi connectivity index (χ1v) is 6.15. The summed E-state index contributed by atoms with van der Waals surface area (Å²) in [6.07, 6.45) is 0. The van der Waals surface area contributed by atoms with Gasteiger partial charge in [0.1, 0.15) is 0 Å². The van der Waals surface area contributed by atoms with E-state index in [1.807, 2.05) is 0 Å². The lowest BCUT2D eigenvalue weighted by molar-refractivity contribution is -0.384. The number of non-ortho nitro benzene ring substituents is 1. The zero-order valence-electron chi connectivity index (χ0n) is 11.2. The van der Waals surface area contributed by atoms with Crippen LogP contribution in [-0.4, -0.2) is 16.6 Å². The number of rotatable bonds is 4. The van der Waals surface area contributed by atoms with Crippen LogP contribution >= 0.6 is 0 Å². The molecule has 0 aromatic heterocycles. The van der Waals surface area contributed by atoms with Gasteiger partial charge in [-0.05, 0) is 6.07 Å². The average molecular weight is 284 g/mol. The van der Waals surface area contributed by atoms with Gasteiger partial charge in [0.2, 0.25) is 5.91 Å². The van der Waals surface area contributed by atoms with Crippen LogP contribution in [0.1, 0.15) is 22.8 Å². The van der Waals surface area contributed by atoms with Crippen LogP contribution in [0.15, 0.2) is 48.5 Å². The van der Waals surface area contributed by atoms with Crippen molar-refractivity contribution in [3.8, 4) is 0 Å². The molecule has 1 amide bonds. The average Bonchev–Trinajstić information content (AvgIpc) is 2.47. The number of carbonyl (C=O) groups is 2. The van der Waals surface area contributed by atoms with Crippen molar-refractivity contribution in [2.24, 2.45) is 0 Å². The van der Waals surface area contributed by atoms with Crippen molar-refractivity contribution < 1.29 is 14.5 Å². The molecule has 0 spiro atoms. The lowest BCUT2D eigenvalue weighted by Gasteiger charge is -2.09. The molecule has 0 bridgehead atoms. The van der Waals surface area contributed by atoms with Gasteiger partial charge in [0.25, 0.3) is 5.69 Å². The quantitative estimate of drug-likeness (QED) is 0.531. The number of hydrogen-bond donors (Lipinski definition) is 1. The topological polar surface area (TPSA) is 89.3 Å². The van der Waals surface area contributed by atoms with Crippen molar-refractivity contribution in [3.05, 3.63) is 69.8 Å². The van der Waals surface area contributed by atoms with Gasteiger partial charge in [-0.25, -0.2) is 0 Å². The number of hydrogen-bond acceptors (Lipinski definition) is 4. The predicted molar refractivity (Wildman–Crippen MR) is 77.3 cm³/mol. The number of nitro groups is 1. The van der Waals surface area contributed by atoms with Crippen LogP contribution in [0.4, 0.5) is 11.4 Å². The smallest absolute Gasteiger partial charge is 0.270 e. The lowest BCUT2D eigenvalue weighted by atomic mass is 10.0. The summed E-state index contributed by atoms with van der Waals surface area (Å²) in [6.45, 7) is 1.30. The lowest BCUT2D eigenvalue weighted by Crippen LogP contribution is -2.12. The summed E-state index contributed by atoms with van der Waals surface area (Å²) in [5, 5.41) is 13.4. The van der Waals surface area contributed by atoms with Gasteiger partial charge in [-0.15, -0.1) is 0 Å². The molecule has 6 heteroatoms. The van der Waals surface area contributed by atoms with E-state index >= 15 is 0 Å². The summed E-state index contributed by atoms with van der Waals surface area (Å²) in [5.74, 6) is -0.742. The second kappa shape index (κ2) is 5.96. The summed E-state index contributed by atoms with van der Waals surface area (Å²) >= 11 is 0. The molecule has 6 nitrogen and oxygen atoms in total. The first-order chi connectivity index (χ1) is 9.99. The summed E-state index contributed by atoms with van der Waals surface area (Å²) in [7, 11) is 0. The van der Waals surface area contributed by atoms with Crippen molar-refractivity contribution in [2.45, 2.75) is 6.92 Å². The fourth-order valence-corrected chi connectivity index (χ4v) is 1.88. The first-order valence-electron chi connectivity index (χ1n) is 6.15. The summed E-state index contributed by atoms with van der Waals surface area (Å²) in [4.78, 5) is 33.9. The standard InChI is InChI=1S/C15H12N2O4/c1-10(18)16-14-8-7-12(17(20)21)9-13(14)15(19)11-5-3-2-4-6-11/h2-9H,1H3,(H,16,18). The van der Waals surface area contributed by atoms with Gasteiger partial charge in [0, 0.05) is 24.6 Å². The number of nitro benzene ring substituents is 1. The number of nitrogens with one attached hydrogen (secondary N) is 1. The van der Waals surface area contributed by atoms with Crippen molar-refractivity contribution in [1.82, 2.24) is 0 Å². The molecule has 0 aliphatic heterocycles. The summed E-state index contributed by atoms with van der Waals surface area (Å²) < 4.78 is 0. The minimum atomic E-state index is -0.584. The Morgan fingerprint density at radius 2 is 1.76 bits per heavy atom. The Balaban J connectivity index is 2.52. The van der Waals surface area contributed by atoms with Gasteiger partial charge in [0.15, 0.2) is 5.78 Å². The van der Waals surface area contributed by atoms with E-state index in [1.165, 1.54) is 25.1 Å². The number of benzene rings is 2. The van der Waals surface area contributed by atoms with E-state index in [4.69, 9.17) is 0 Å². The van der Waals surface area contributed by atoms with Gasteiger partial charge in [-0.1, -0.05) is 30.3 Å². The molecule has 0 saturated heterocycles. The molecule has 106 valence electrons. The number of ketones is 1. The fourth-order valence-electron chi connectivity index (χ4n) is 1.88. The molecule has 2 rings (SSSR count). The number of amides is 1. The van der Waals surface area contributed by atoms with Gasteiger partial charge >= 0.3 is 0 Å². The fraction of sp³-hybridized carbons (Fsp3) is 0.0667. The van der Waals surface area contributed by atoms with E-state index in [-0.39, 0.29) is 28.6 Å². The molecule has 21 heavy (non-hydrogen) atoms. The second-order valence-electron chi connectivity index (χ2n) is 4.36. The van der Waals surface area contributed by atoms with Crippen molar-refractivity contribution in [2.75, 3.05) is 5.32 Å². The Bertz CT molecular complexity index is 711. The van der Waals surface area contributed by atoms with Gasteiger partial charge in [-0.3, -0.25) is 19.7 Å². The third kappa shape index (κ3) is 3.30. The minimum Gasteiger partial charge on any atom is -0.326 e. The molecule has 0 fully saturated rings. The molecule has 0 atom stereocenters. The van der Waals surface area contributed by atoms with E-state index in [0.29, 0.717) is 5.56 Å². The van der Waals surface area contributed by atoms with Crippen LogP contribution in [-0.2, 0) is 4.79 Å². The molecule has 2 aromatic carbocycles. The van der Waals surface area contributed by atoms with Crippen molar-refractivity contribution in [1.29, 1.82) is 0 Å². The van der Waals surface area contributed by atoms with Crippen molar-refractivity contribution in [3.63, 3.8) is 0 Å². The van der Waals surface area contributed by atoms with E-state index in [9.17, 15) is 19.7 Å². The Kier molecular flexibility index (Phi) is 4.08. The maximum absolute atomic E-state index is 12.4. The second-order valence-corrected chi connectivity index (χ2v) is 4.36. The van der Waals surface area contributed by atoms with Gasteiger partial charge < -0.3 is 5.32 Å². The highest BCUT2D eigenvalue weighted by Gasteiger charge is 2.18. The first kappa shape index (κ1) is 14.4. The largest absolute Gasteiger partial charge is 0.326 e. The highest BCUT2D eigenvalue weighted by atomic mass is 16.6. The molecule has 0 aliphatic carbocycles. The molecule has 0 aliphatic rings. The van der Waals surface area contributed by atoms with Gasteiger partial charge in [0.05, 0.1) is 16.2 Å². The van der Waals surface area contributed by atoms with Crippen LogP contribution < -0.4 is 5.32 Å². The number of carbonyl (C=O) groups excluding carboxylic acids is 2. The highest BCUT2D eigenvalue weighted by molar-refractivity contribution is 6.14. The maximum atomic E-state index is 12.4. The molecular weight excluding hydrogens is 272 g/mol. The molecule has 1 N–H and O–H groups in total. The van der Waals surface area contributed by atoms with E-state index in [1.54, 1.807) is 30.3 Å². The summed E-state index contributed by atoms with van der Waals surface area (Å²) in [6, 6.07) is 12.1. The zero-order valence-corrected chi connectivity index (χ0v) is 11.2. The van der Waals surface area contributed by atoms with Crippen LogP contribution in [0, 0.1) is 10.1 Å². The monoisotopic (exact) mass is 284 g/mol. The van der Waals surface area contributed by atoms with Crippen LogP contribution in [0.3, 0.4) is 0 Å². The van der Waals surface area contributed by atoms with Crippen LogP contribution in [0.25, 0.3) is 0 Å². The zero-order chi connectivity index (χ0) is 15.4.